The molecule has 0 radical (unpaired) electrons. The van der Waals surface area contributed by atoms with E-state index >= 15 is 0 Å². The lowest BCUT2D eigenvalue weighted by atomic mass is 10.1. The number of rotatable bonds is 5. The van der Waals surface area contributed by atoms with Gasteiger partial charge in [-0.05, 0) is 32.9 Å². The molecular formula is C9H19N3O. The smallest absolute Gasteiger partial charge is 0.0781 e. The van der Waals surface area contributed by atoms with Crippen molar-refractivity contribution < 1.29 is 5.11 Å². The fourth-order valence-electron chi connectivity index (χ4n) is 0.626. The van der Waals surface area contributed by atoms with Gasteiger partial charge in [0.05, 0.1) is 12.1 Å². The van der Waals surface area contributed by atoms with Gasteiger partial charge in [0.25, 0.3) is 0 Å². The summed E-state index contributed by atoms with van der Waals surface area (Å²) in [6, 6.07) is 0. The molecule has 0 aromatic carbocycles. The Morgan fingerprint density at radius 1 is 1.54 bits per heavy atom. The number of aliphatic hydroxyl groups excluding tert-OH is 1. The molecule has 76 valence electrons. The maximum absolute atomic E-state index is 8.88. The van der Waals surface area contributed by atoms with E-state index in [1.54, 1.807) is 12.3 Å². The van der Waals surface area contributed by atoms with E-state index in [4.69, 9.17) is 16.6 Å². The molecule has 0 amide bonds. The molecule has 0 unspecified atom stereocenters. The van der Waals surface area contributed by atoms with Gasteiger partial charge < -0.3 is 16.6 Å². The molecule has 0 rings (SSSR count). The summed E-state index contributed by atoms with van der Waals surface area (Å²) in [5.41, 5.74) is 11.2. The van der Waals surface area contributed by atoms with Crippen molar-refractivity contribution in [2.24, 2.45) is 16.5 Å². The van der Waals surface area contributed by atoms with E-state index in [0.717, 1.165) is 0 Å². The van der Waals surface area contributed by atoms with E-state index in [0.29, 0.717) is 18.7 Å². The molecule has 13 heavy (non-hydrogen) atoms. The van der Waals surface area contributed by atoms with Crippen molar-refractivity contribution in [2.75, 3.05) is 13.2 Å². The lowest BCUT2D eigenvalue weighted by Gasteiger charge is -2.14. The SMILES string of the molecule is CC(C)(CO)N=C/C=C(\N)CCN. The van der Waals surface area contributed by atoms with E-state index in [9.17, 15) is 0 Å². The molecule has 0 aliphatic carbocycles. The molecule has 0 aromatic heterocycles. The summed E-state index contributed by atoms with van der Waals surface area (Å²) in [6.07, 6.45) is 4.00. The molecule has 0 saturated carbocycles. The standard InChI is InChI=1S/C9H19N3O/c1-9(2,7-13)12-6-4-8(11)3-5-10/h4,6,13H,3,5,7,10-11H2,1-2H3/b8-4-,12-6?. The van der Waals surface area contributed by atoms with Crippen LogP contribution in [-0.4, -0.2) is 30.0 Å². The van der Waals surface area contributed by atoms with Gasteiger partial charge in [-0.25, -0.2) is 0 Å². The van der Waals surface area contributed by atoms with E-state index in [2.05, 4.69) is 4.99 Å². The second kappa shape index (κ2) is 5.72. The lowest BCUT2D eigenvalue weighted by molar-refractivity contribution is 0.223. The average Bonchev–Trinajstić information content (AvgIpc) is 2.05. The highest BCUT2D eigenvalue weighted by molar-refractivity contribution is 5.72. The minimum Gasteiger partial charge on any atom is -0.402 e. The molecule has 0 spiro atoms. The Labute approximate surface area is 79.3 Å². The third-order valence-electron chi connectivity index (χ3n) is 1.53. The molecule has 0 saturated heterocycles. The second-order valence-corrected chi connectivity index (χ2v) is 3.53. The molecule has 0 atom stereocenters. The third-order valence-corrected chi connectivity index (χ3v) is 1.53. The highest BCUT2D eigenvalue weighted by Crippen LogP contribution is 2.05. The fourth-order valence-corrected chi connectivity index (χ4v) is 0.626. The minimum atomic E-state index is -0.431. The highest BCUT2D eigenvalue weighted by atomic mass is 16.3. The van der Waals surface area contributed by atoms with Crippen molar-refractivity contribution in [1.29, 1.82) is 0 Å². The molecule has 0 bridgehead atoms. The van der Waals surface area contributed by atoms with Crippen LogP contribution in [0.4, 0.5) is 0 Å². The zero-order chi connectivity index (χ0) is 10.3. The van der Waals surface area contributed by atoms with Crippen LogP contribution < -0.4 is 11.5 Å². The Kier molecular flexibility index (Phi) is 5.34. The average molecular weight is 185 g/mol. The van der Waals surface area contributed by atoms with Gasteiger partial charge in [-0.1, -0.05) is 0 Å². The first-order chi connectivity index (χ1) is 6.02. The monoisotopic (exact) mass is 185 g/mol. The molecule has 0 fully saturated rings. The van der Waals surface area contributed by atoms with Crippen LogP contribution >= 0.6 is 0 Å². The largest absolute Gasteiger partial charge is 0.402 e. The Balaban J connectivity index is 4.06. The minimum absolute atomic E-state index is 0.0220. The maximum atomic E-state index is 8.88. The quantitative estimate of drug-likeness (QED) is 0.528. The van der Waals surface area contributed by atoms with Gasteiger partial charge >= 0.3 is 0 Å². The van der Waals surface area contributed by atoms with Crippen molar-refractivity contribution in [3.05, 3.63) is 11.8 Å². The normalized spacial score (nSPS) is 14.0. The highest BCUT2D eigenvalue weighted by Gasteiger charge is 2.11. The van der Waals surface area contributed by atoms with Gasteiger partial charge in [-0.2, -0.15) is 0 Å². The van der Waals surface area contributed by atoms with Crippen molar-refractivity contribution in [3.63, 3.8) is 0 Å². The molecule has 0 heterocycles. The topological polar surface area (TPSA) is 84.6 Å². The summed E-state index contributed by atoms with van der Waals surface area (Å²) >= 11 is 0. The zero-order valence-electron chi connectivity index (χ0n) is 8.33. The van der Waals surface area contributed by atoms with Crippen molar-refractivity contribution in [3.8, 4) is 0 Å². The maximum Gasteiger partial charge on any atom is 0.0781 e. The predicted octanol–water partition coefficient (Wildman–Crippen LogP) is 0.0195. The van der Waals surface area contributed by atoms with Crippen molar-refractivity contribution in [1.82, 2.24) is 0 Å². The second-order valence-electron chi connectivity index (χ2n) is 3.53. The summed E-state index contributed by atoms with van der Waals surface area (Å²) < 4.78 is 0. The van der Waals surface area contributed by atoms with Gasteiger partial charge in [0.2, 0.25) is 0 Å². The van der Waals surface area contributed by atoms with Gasteiger partial charge in [0.15, 0.2) is 0 Å². The number of hydrogen-bond donors (Lipinski definition) is 3. The van der Waals surface area contributed by atoms with Crippen LogP contribution in [0.3, 0.4) is 0 Å². The fraction of sp³-hybridized carbons (Fsp3) is 0.667. The number of allylic oxidation sites excluding steroid dienone is 1. The van der Waals surface area contributed by atoms with Gasteiger partial charge in [-0.3, -0.25) is 4.99 Å². The molecule has 5 N–H and O–H groups in total. The van der Waals surface area contributed by atoms with Crippen molar-refractivity contribution in [2.45, 2.75) is 25.8 Å². The Hall–Kier alpha value is -0.870. The van der Waals surface area contributed by atoms with E-state index in [1.807, 2.05) is 13.8 Å². The third kappa shape index (κ3) is 6.31. The summed E-state index contributed by atoms with van der Waals surface area (Å²) in [7, 11) is 0. The van der Waals surface area contributed by atoms with E-state index in [-0.39, 0.29) is 6.61 Å². The van der Waals surface area contributed by atoms with E-state index in [1.165, 1.54) is 0 Å². The zero-order valence-corrected chi connectivity index (χ0v) is 8.33. The molecule has 0 aromatic rings. The number of nitrogens with zero attached hydrogens (tertiary/aromatic N) is 1. The van der Waals surface area contributed by atoms with Gasteiger partial charge in [-0.15, -0.1) is 0 Å². The number of aliphatic imine (C=N–C) groups is 1. The van der Waals surface area contributed by atoms with Crippen LogP contribution in [0, 0.1) is 0 Å². The van der Waals surface area contributed by atoms with Crippen LogP contribution in [0.5, 0.6) is 0 Å². The number of hydrogen-bond acceptors (Lipinski definition) is 4. The molecule has 4 nitrogen and oxygen atoms in total. The van der Waals surface area contributed by atoms with Crippen LogP contribution in [0.25, 0.3) is 0 Å². The molecule has 0 aliphatic heterocycles. The Bertz CT molecular complexity index is 197. The lowest BCUT2D eigenvalue weighted by Crippen LogP contribution is -2.21. The first-order valence-electron chi connectivity index (χ1n) is 4.32. The first-order valence-corrected chi connectivity index (χ1v) is 4.32. The molecular weight excluding hydrogens is 166 g/mol. The summed E-state index contributed by atoms with van der Waals surface area (Å²) in [5, 5.41) is 8.88. The number of nitrogens with two attached hydrogens (primary N) is 2. The summed E-state index contributed by atoms with van der Waals surface area (Å²) in [4.78, 5) is 4.12. The van der Waals surface area contributed by atoms with Crippen LogP contribution in [0.2, 0.25) is 0 Å². The van der Waals surface area contributed by atoms with Crippen LogP contribution in [0.1, 0.15) is 20.3 Å². The Morgan fingerprint density at radius 2 is 2.15 bits per heavy atom. The van der Waals surface area contributed by atoms with Crippen LogP contribution in [0.15, 0.2) is 16.8 Å². The van der Waals surface area contributed by atoms with Crippen molar-refractivity contribution >= 4 is 6.21 Å². The van der Waals surface area contributed by atoms with E-state index < -0.39 is 5.54 Å². The van der Waals surface area contributed by atoms with Gasteiger partial charge in [0, 0.05) is 11.9 Å². The summed E-state index contributed by atoms with van der Waals surface area (Å²) in [6.45, 7) is 4.25. The predicted molar refractivity (Wildman–Crippen MR) is 55.6 cm³/mol. The Morgan fingerprint density at radius 3 is 2.62 bits per heavy atom. The summed E-state index contributed by atoms with van der Waals surface area (Å²) in [5.74, 6) is 0. The molecule has 0 aliphatic rings. The first kappa shape index (κ1) is 12.1. The van der Waals surface area contributed by atoms with Gasteiger partial charge in [0.1, 0.15) is 0 Å². The number of aliphatic hydroxyl groups is 1. The van der Waals surface area contributed by atoms with Crippen LogP contribution in [-0.2, 0) is 0 Å². The molecule has 4 heteroatoms.